The highest BCUT2D eigenvalue weighted by Gasteiger charge is 2.20. The molecule has 15 heavy (non-hydrogen) atoms. The van der Waals surface area contributed by atoms with Gasteiger partial charge in [-0.2, -0.15) is 0 Å². The van der Waals surface area contributed by atoms with Gasteiger partial charge in [-0.15, -0.1) is 0 Å². The van der Waals surface area contributed by atoms with Crippen molar-refractivity contribution in [3.63, 3.8) is 0 Å². The molecule has 1 aromatic carbocycles. The van der Waals surface area contributed by atoms with Crippen molar-refractivity contribution in [1.82, 2.24) is 5.32 Å². The van der Waals surface area contributed by atoms with Gasteiger partial charge >= 0.3 is 0 Å². The third-order valence-electron chi connectivity index (χ3n) is 2.73. The average molecular weight is 203 g/mol. The van der Waals surface area contributed by atoms with Gasteiger partial charge in [-0.25, -0.2) is 0 Å². The monoisotopic (exact) mass is 203 g/mol. The maximum atomic E-state index is 5.21. The van der Waals surface area contributed by atoms with E-state index in [2.05, 4.69) is 24.0 Å². The molecule has 0 unspecified atom stereocenters. The van der Waals surface area contributed by atoms with Crippen LogP contribution in [0.3, 0.4) is 0 Å². The van der Waals surface area contributed by atoms with E-state index in [9.17, 15) is 0 Å². The normalized spacial score (nSPS) is 15.0. The van der Waals surface area contributed by atoms with Crippen molar-refractivity contribution in [1.29, 1.82) is 0 Å². The molecule has 0 atom stereocenters. The zero-order valence-electron chi connectivity index (χ0n) is 9.12. The summed E-state index contributed by atoms with van der Waals surface area (Å²) in [7, 11) is 1.70. The number of ether oxygens (including phenoxy) is 1. The quantitative estimate of drug-likeness (QED) is 0.794. The Morgan fingerprint density at radius 2 is 2.33 bits per heavy atom. The Labute approximate surface area is 91.0 Å². The van der Waals surface area contributed by atoms with Crippen molar-refractivity contribution in [3.05, 3.63) is 35.9 Å². The summed E-state index contributed by atoms with van der Waals surface area (Å²) in [4.78, 5) is 0. The number of nitrogens with one attached hydrogen (secondary N) is 1. The van der Waals surface area contributed by atoms with Crippen LogP contribution in [-0.4, -0.2) is 13.2 Å². The molecular formula is C13H17NO. The number of rotatable bonds is 5. The first-order valence-electron chi connectivity index (χ1n) is 5.36. The van der Waals surface area contributed by atoms with Gasteiger partial charge in [-0.05, 0) is 36.1 Å². The zero-order valence-corrected chi connectivity index (χ0v) is 9.12. The summed E-state index contributed by atoms with van der Waals surface area (Å²) in [5, 5.41) is 3.50. The standard InChI is InChI=1S/C13H17NO/c1-3-10-4-7-13(15-2)8-11(10)9-14-12-5-6-12/h3-4,7-8,12,14H,1,5-6,9H2,2H3. The predicted octanol–water partition coefficient (Wildman–Crippen LogP) is 2.59. The van der Waals surface area contributed by atoms with Crippen molar-refractivity contribution in [3.8, 4) is 5.75 Å². The van der Waals surface area contributed by atoms with E-state index in [1.54, 1.807) is 7.11 Å². The lowest BCUT2D eigenvalue weighted by Gasteiger charge is -2.09. The molecule has 0 bridgehead atoms. The van der Waals surface area contributed by atoms with Crippen LogP contribution in [0.2, 0.25) is 0 Å². The lowest BCUT2D eigenvalue weighted by Crippen LogP contribution is -2.16. The van der Waals surface area contributed by atoms with E-state index < -0.39 is 0 Å². The van der Waals surface area contributed by atoms with E-state index in [1.165, 1.54) is 24.0 Å². The minimum Gasteiger partial charge on any atom is -0.497 e. The first-order chi connectivity index (χ1) is 7.33. The molecule has 0 saturated heterocycles. The fraction of sp³-hybridized carbons (Fsp3) is 0.385. The third-order valence-corrected chi connectivity index (χ3v) is 2.73. The molecule has 0 aliphatic heterocycles. The van der Waals surface area contributed by atoms with Crippen molar-refractivity contribution in [2.45, 2.75) is 25.4 Å². The summed E-state index contributed by atoms with van der Waals surface area (Å²) in [6.07, 6.45) is 4.52. The number of benzene rings is 1. The summed E-state index contributed by atoms with van der Waals surface area (Å²) in [5.41, 5.74) is 2.44. The molecular weight excluding hydrogens is 186 g/mol. The fourth-order valence-corrected chi connectivity index (χ4v) is 1.60. The summed E-state index contributed by atoms with van der Waals surface area (Å²) in [6, 6.07) is 6.83. The molecule has 0 heterocycles. The van der Waals surface area contributed by atoms with Gasteiger partial charge in [0.15, 0.2) is 0 Å². The van der Waals surface area contributed by atoms with Gasteiger partial charge < -0.3 is 10.1 Å². The van der Waals surface area contributed by atoms with E-state index in [-0.39, 0.29) is 0 Å². The maximum absolute atomic E-state index is 5.21. The lowest BCUT2D eigenvalue weighted by atomic mass is 10.1. The highest BCUT2D eigenvalue weighted by molar-refractivity contribution is 5.54. The second-order valence-corrected chi connectivity index (χ2v) is 3.92. The van der Waals surface area contributed by atoms with E-state index in [0.29, 0.717) is 0 Å². The van der Waals surface area contributed by atoms with Gasteiger partial charge in [0.1, 0.15) is 5.75 Å². The van der Waals surface area contributed by atoms with Crippen LogP contribution in [0.25, 0.3) is 6.08 Å². The Morgan fingerprint density at radius 1 is 1.53 bits per heavy atom. The van der Waals surface area contributed by atoms with Crippen LogP contribution in [0, 0.1) is 0 Å². The zero-order chi connectivity index (χ0) is 10.7. The van der Waals surface area contributed by atoms with Gasteiger partial charge in [-0.1, -0.05) is 18.7 Å². The van der Waals surface area contributed by atoms with Crippen LogP contribution in [-0.2, 0) is 6.54 Å². The van der Waals surface area contributed by atoms with Crippen molar-refractivity contribution in [2.75, 3.05) is 7.11 Å². The number of hydrogen-bond donors (Lipinski definition) is 1. The summed E-state index contributed by atoms with van der Waals surface area (Å²) in [5.74, 6) is 0.910. The predicted molar refractivity (Wildman–Crippen MR) is 62.9 cm³/mol. The first kappa shape index (κ1) is 10.2. The molecule has 2 nitrogen and oxygen atoms in total. The molecule has 1 N–H and O–H groups in total. The van der Waals surface area contributed by atoms with Crippen LogP contribution in [0.1, 0.15) is 24.0 Å². The summed E-state index contributed by atoms with van der Waals surface area (Å²) in [6.45, 7) is 4.73. The molecule has 0 amide bonds. The molecule has 2 rings (SSSR count). The Kier molecular flexibility index (Phi) is 3.07. The molecule has 2 heteroatoms. The Bertz CT molecular complexity index is 356. The highest BCUT2D eigenvalue weighted by Crippen LogP contribution is 2.22. The Hall–Kier alpha value is -1.28. The second-order valence-electron chi connectivity index (χ2n) is 3.92. The lowest BCUT2D eigenvalue weighted by molar-refractivity contribution is 0.414. The molecule has 80 valence electrons. The van der Waals surface area contributed by atoms with Crippen LogP contribution >= 0.6 is 0 Å². The average Bonchev–Trinajstić information content (AvgIpc) is 3.09. The van der Waals surface area contributed by atoms with E-state index >= 15 is 0 Å². The van der Waals surface area contributed by atoms with Gasteiger partial charge in [0.2, 0.25) is 0 Å². The highest BCUT2D eigenvalue weighted by atomic mass is 16.5. The van der Waals surface area contributed by atoms with E-state index in [1.807, 2.05) is 12.1 Å². The topological polar surface area (TPSA) is 21.3 Å². The molecule has 1 fully saturated rings. The fourth-order valence-electron chi connectivity index (χ4n) is 1.60. The molecule has 0 spiro atoms. The summed E-state index contributed by atoms with van der Waals surface area (Å²) < 4.78 is 5.21. The Morgan fingerprint density at radius 3 is 2.93 bits per heavy atom. The van der Waals surface area contributed by atoms with Gasteiger partial charge in [0.25, 0.3) is 0 Å². The largest absolute Gasteiger partial charge is 0.497 e. The Balaban J connectivity index is 2.12. The minimum absolute atomic E-state index is 0.730. The SMILES string of the molecule is C=Cc1ccc(OC)cc1CNC1CC1. The maximum Gasteiger partial charge on any atom is 0.119 e. The second kappa shape index (κ2) is 4.49. The molecule has 1 aliphatic carbocycles. The van der Waals surface area contributed by atoms with Gasteiger partial charge in [0, 0.05) is 12.6 Å². The van der Waals surface area contributed by atoms with Crippen LogP contribution < -0.4 is 10.1 Å². The third kappa shape index (κ3) is 2.60. The molecule has 1 aromatic rings. The van der Waals surface area contributed by atoms with Gasteiger partial charge in [-0.3, -0.25) is 0 Å². The molecule has 0 radical (unpaired) electrons. The number of hydrogen-bond acceptors (Lipinski definition) is 2. The van der Waals surface area contributed by atoms with E-state index in [0.717, 1.165) is 18.3 Å². The van der Waals surface area contributed by atoms with Gasteiger partial charge in [0.05, 0.1) is 7.11 Å². The minimum atomic E-state index is 0.730. The smallest absolute Gasteiger partial charge is 0.119 e. The first-order valence-corrected chi connectivity index (χ1v) is 5.36. The van der Waals surface area contributed by atoms with Crippen molar-refractivity contribution < 1.29 is 4.74 Å². The molecule has 1 saturated carbocycles. The van der Waals surface area contributed by atoms with Crippen LogP contribution in [0.5, 0.6) is 5.75 Å². The van der Waals surface area contributed by atoms with Crippen LogP contribution in [0.15, 0.2) is 24.8 Å². The summed E-state index contributed by atoms with van der Waals surface area (Å²) >= 11 is 0. The van der Waals surface area contributed by atoms with E-state index in [4.69, 9.17) is 4.74 Å². The van der Waals surface area contributed by atoms with Crippen molar-refractivity contribution in [2.24, 2.45) is 0 Å². The van der Waals surface area contributed by atoms with Crippen LogP contribution in [0.4, 0.5) is 0 Å². The van der Waals surface area contributed by atoms with Crippen molar-refractivity contribution >= 4 is 6.08 Å². The molecule has 1 aliphatic rings. The molecule has 0 aromatic heterocycles. The number of methoxy groups -OCH3 is 1.